The van der Waals surface area contributed by atoms with E-state index in [9.17, 15) is 4.79 Å². The normalized spacial score (nSPS) is 14.2. The largest absolute Gasteiger partial charge is 0.487 e. The highest BCUT2D eigenvalue weighted by atomic mass is 32.1. The fourth-order valence-electron chi connectivity index (χ4n) is 3.73. The zero-order valence-corrected chi connectivity index (χ0v) is 18.1. The number of hydrogen-bond acceptors (Lipinski definition) is 6. The van der Waals surface area contributed by atoms with Crippen LogP contribution in [0.5, 0.6) is 5.75 Å². The number of piperazine rings is 1. The lowest BCUT2D eigenvalue weighted by Gasteiger charge is -2.34. The number of carbonyl (C=O) groups excluding carboxylic acids is 1. The second kappa shape index (κ2) is 8.39. The fourth-order valence-corrected chi connectivity index (χ4v) is 4.43. The number of nitrogens with zero attached hydrogens (tertiary/aromatic N) is 5. The molecule has 4 heterocycles. The average molecular weight is 434 g/mol. The van der Waals surface area contributed by atoms with E-state index >= 15 is 0 Å². The van der Waals surface area contributed by atoms with Gasteiger partial charge < -0.3 is 18.9 Å². The number of fused-ring (bicyclic) bond motifs is 1. The lowest BCUT2D eigenvalue weighted by atomic mass is 10.1. The van der Waals surface area contributed by atoms with Gasteiger partial charge in [-0.1, -0.05) is 6.07 Å². The van der Waals surface area contributed by atoms with Crippen LogP contribution in [0.25, 0.3) is 5.65 Å². The number of aromatic nitrogens is 3. The molecule has 0 aliphatic carbocycles. The Kier molecular flexibility index (Phi) is 5.30. The van der Waals surface area contributed by atoms with Crippen molar-refractivity contribution in [3.63, 3.8) is 0 Å². The van der Waals surface area contributed by atoms with Crippen LogP contribution in [-0.4, -0.2) is 51.4 Å². The lowest BCUT2D eigenvalue weighted by molar-refractivity contribution is 0.0746. The summed E-state index contributed by atoms with van der Waals surface area (Å²) in [5.41, 5.74) is 3.63. The summed E-state index contributed by atoms with van der Waals surface area (Å²) >= 11 is 1.63. The Morgan fingerprint density at radius 2 is 1.87 bits per heavy atom. The molecule has 7 nitrogen and oxygen atoms in total. The molecule has 1 aliphatic rings. The van der Waals surface area contributed by atoms with Crippen LogP contribution in [0.4, 0.5) is 5.13 Å². The standard InChI is InChI=1S/C23H23N5O2S/c1-17-2-7-21-25-19(15-28(21)14-17)16-30-20-5-3-18(4-6-20)22(29)26-9-11-27(12-10-26)23-24-8-13-31-23/h2-8,13-15H,9-12,16H2,1H3. The van der Waals surface area contributed by atoms with Gasteiger partial charge in [0.15, 0.2) is 5.13 Å². The van der Waals surface area contributed by atoms with E-state index < -0.39 is 0 Å². The first kappa shape index (κ1) is 19.6. The predicted molar refractivity (Wildman–Crippen MR) is 121 cm³/mol. The maximum atomic E-state index is 12.9. The summed E-state index contributed by atoms with van der Waals surface area (Å²) in [6, 6.07) is 11.4. The number of aryl methyl sites for hydroxylation is 1. The Labute approximate surface area is 184 Å². The molecule has 0 bridgehead atoms. The van der Waals surface area contributed by atoms with Crippen LogP contribution in [0.2, 0.25) is 0 Å². The SMILES string of the molecule is Cc1ccc2nc(COc3ccc(C(=O)N4CCN(c5nccs5)CC4)cc3)cn2c1. The number of carbonyl (C=O) groups is 1. The third-order valence-corrected chi connectivity index (χ3v) is 6.23. The number of hydrogen-bond donors (Lipinski definition) is 0. The Bertz CT molecular complexity index is 1180. The van der Waals surface area contributed by atoms with Gasteiger partial charge in [-0.05, 0) is 42.8 Å². The molecule has 8 heteroatoms. The Morgan fingerprint density at radius 3 is 2.61 bits per heavy atom. The molecule has 1 amide bonds. The van der Waals surface area contributed by atoms with Gasteiger partial charge in [0.05, 0.1) is 5.69 Å². The van der Waals surface area contributed by atoms with Crippen LogP contribution in [0.3, 0.4) is 0 Å². The molecule has 1 fully saturated rings. The highest BCUT2D eigenvalue weighted by molar-refractivity contribution is 7.13. The fraction of sp³-hybridized carbons (Fsp3) is 0.261. The third kappa shape index (κ3) is 4.25. The van der Waals surface area contributed by atoms with Crippen molar-refractivity contribution >= 4 is 28.0 Å². The summed E-state index contributed by atoms with van der Waals surface area (Å²) in [6.07, 6.45) is 5.84. The minimum atomic E-state index is 0.0565. The van der Waals surface area contributed by atoms with Crippen molar-refractivity contribution in [3.05, 3.63) is 77.2 Å². The molecule has 1 saturated heterocycles. The number of benzene rings is 1. The molecule has 0 atom stereocenters. The van der Waals surface area contributed by atoms with E-state index in [1.165, 1.54) is 5.56 Å². The Hall–Kier alpha value is -3.39. The zero-order chi connectivity index (χ0) is 21.2. The van der Waals surface area contributed by atoms with Gasteiger partial charge in [-0.15, -0.1) is 11.3 Å². The Morgan fingerprint density at radius 1 is 1.06 bits per heavy atom. The van der Waals surface area contributed by atoms with Crippen LogP contribution < -0.4 is 9.64 Å². The molecular formula is C23H23N5O2S. The van der Waals surface area contributed by atoms with Gasteiger partial charge >= 0.3 is 0 Å². The molecular weight excluding hydrogens is 410 g/mol. The van der Waals surface area contributed by atoms with Crippen molar-refractivity contribution < 1.29 is 9.53 Å². The number of amides is 1. The quantitative estimate of drug-likeness (QED) is 0.481. The first-order valence-electron chi connectivity index (χ1n) is 10.3. The molecule has 0 N–H and O–H groups in total. The monoisotopic (exact) mass is 433 g/mol. The maximum Gasteiger partial charge on any atom is 0.253 e. The van der Waals surface area contributed by atoms with Crippen LogP contribution in [0.15, 0.2) is 60.4 Å². The van der Waals surface area contributed by atoms with Crippen LogP contribution in [-0.2, 0) is 6.61 Å². The summed E-state index contributed by atoms with van der Waals surface area (Å²) in [4.78, 5) is 25.9. The molecule has 0 radical (unpaired) electrons. The summed E-state index contributed by atoms with van der Waals surface area (Å²) in [5, 5.41) is 3.00. The summed E-state index contributed by atoms with van der Waals surface area (Å²) in [7, 11) is 0. The van der Waals surface area contributed by atoms with Crippen molar-refractivity contribution in [2.24, 2.45) is 0 Å². The summed E-state index contributed by atoms with van der Waals surface area (Å²) < 4.78 is 7.88. The molecule has 158 valence electrons. The lowest BCUT2D eigenvalue weighted by Crippen LogP contribution is -2.48. The van der Waals surface area contributed by atoms with Crippen molar-refractivity contribution in [1.29, 1.82) is 0 Å². The zero-order valence-electron chi connectivity index (χ0n) is 17.3. The second-order valence-electron chi connectivity index (χ2n) is 7.61. The number of imidazole rings is 1. The molecule has 0 saturated carbocycles. The van der Waals surface area contributed by atoms with Crippen LogP contribution >= 0.6 is 11.3 Å². The minimum absolute atomic E-state index is 0.0565. The summed E-state index contributed by atoms with van der Waals surface area (Å²) in [5.74, 6) is 0.777. The number of thiazole rings is 1. The van der Waals surface area contributed by atoms with Crippen LogP contribution in [0, 0.1) is 6.92 Å². The maximum absolute atomic E-state index is 12.9. The van der Waals surface area contributed by atoms with Gasteiger partial charge in [0.25, 0.3) is 5.91 Å². The first-order valence-corrected chi connectivity index (χ1v) is 11.1. The minimum Gasteiger partial charge on any atom is -0.487 e. The van der Waals surface area contributed by atoms with Crippen molar-refractivity contribution in [1.82, 2.24) is 19.3 Å². The van der Waals surface area contributed by atoms with Gasteiger partial charge in [0, 0.05) is 55.7 Å². The molecule has 4 aromatic rings. The topological polar surface area (TPSA) is 63.0 Å². The number of anilines is 1. The van der Waals surface area contributed by atoms with Crippen molar-refractivity contribution in [3.8, 4) is 5.75 Å². The summed E-state index contributed by atoms with van der Waals surface area (Å²) in [6.45, 7) is 5.44. The van der Waals surface area contributed by atoms with Gasteiger partial charge in [0.1, 0.15) is 18.0 Å². The molecule has 0 spiro atoms. The Balaban J connectivity index is 1.17. The van der Waals surface area contributed by atoms with Gasteiger partial charge in [0.2, 0.25) is 0 Å². The van der Waals surface area contributed by atoms with E-state index in [1.54, 1.807) is 11.3 Å². The van der Waals surface area contributed by atoms with E-state index in [-0.39, 0.29) is 5.91 Å². The molecule has 1 aromatic carbocycles. The number of pyridine rings is 1. The van der Waals surface area contributed by atoms with E-state index in [0.29, 0.717) is 25.3 Å². The second-order valence-corrected chi connectivity index (χ2v) is 8.48. The van der Waals surface area contributed by atoms with E-state index in [0.717, 1.165) is 35.3 Å². The van der Waals surface area contributed by atoms with E-state index in [4.69, 9.17) is 4.74 Å². The first-order chi connectivity index (χ1) is 15.2. The molecule has 1 aliphatic heterocycles. The predicted octanol–water partition coefficient (Wildman–Crippen LogP) is 3.64. The average Bonchev–Trinajstić information content (AvgIpc) is 3.47. The number of rotatable bonds is 5. The smallest absolute Gasteiger partial charge is 0.253 e. The van der Waals surface area contributed by atoms with Crippen molar-refractivity contribution in [2.75, 3.05) is 31.1 Å². The van der Waals surface area contributed by atoms with E-state index in [2.05, 4.69) is 21.8 Å². The third-order valence-electron chi connectivity index (χ3n) is 5.39. The molecule has 3 aromatic heterocycles. The van der Waals surface area contributed by atoms with E-state index in [1.807, 2.05) is 69.7 Å². The highest BCUT2D eigenvalue weighted by Crippen LogP contribution is 2.21. The van der Waals surface area contributed by atoms with Gasteiger partial charge in [-0.3, -0.25) is 4.79 Å². The van der Waals surface area contributed by atoms with Gasteiger partial charge in [-0.25, -0.2) is 9.97 Å². The molecule has 31 heavy (non-hydrogen) atoms. The van der Waals surface area contributed by atoms with Gasteiger partial charge in [-0.2, -0.15) is 0 Å². The molecule has 0 unspecified atom stereocenters. The highest BCUT2D eigenvalue weighted by Gasteiger charge is 2.23. The molecule has 5 rings (SSSR count). The number of ether oxygens (including phenoxy) is 1. The van der Waals surface area contributed by atoms with Crippen LogP contribution in [0.1, 0.15) is 21.6 Å². The van der Waals surface area contributed by atoms with Crippen molar-refractivity contribution in [2.45, 2.75) is 13.5 Å².